The maximum absolute atomic E-state index is 12.5. The van der Waals surface area contributed by atoms with Crippen LogP contribution in [0.25, 0.3) is 0 Å². The summed E-state index contributed by atoms with van der Waals surface area (Å²) in [5.74, 6) is 0.709. The average Bonchev–Trinajstić information content (AvgIpc) is 3.44. The fraction of sp³-hybridized carbons (Fsp3) is 0.600. The second kappa shape index (κ2) is 10.4. The van der Waals surface area contributed by atoms with Crippen LogP contribution >= 0.6 is 23.2 Å². The molecule has 0 spiro atoms. The smallest absolute Gasteiger partial charge is 0.324 e. The Morgan fingerprint density at radius 3 is 2.58 bits per heavy atom. The topological polar surface area (TPSA) is 105 Å². The van der Waals surface area contributed by atoms with Gasteiger partial charge >= 0.3 is 6.03 Å². The van der Waals surface area contributed by atoms with Crippen molar-refractivity contribution < 1.29 is 22.7 Å². The van der Waals surface area contributed by atoms with E-state index in [4.69, 9.17) is 27.9 Å². The molecule has 1 aliphatic heterocycles. The Balaban J connectivity index is 1.47. The van der Waals surface area contributed by atoms with E-state index in [-0.39, 0.29) is 18.2 Å². The van der Waals surface area contributed by atoms with Crippen molar-refractivity contribution in [2.75, 3.05) is 25.4 Å². The monoisotopic (exact) mass is 491 g/mol. The molecule has 1 heterocycles. The zero-order valence-corrected chi connectivity index (χ0v) is 19.7. The number of sulfonamides is 1. The summed E-state index contributed by atoms with van der Waals surface area (Å²) in [7, 11) is -3.53. The van der Waals surface area contributed by atoms with Gasteiger partial charge in [-0.1, -0.05) is 29.6 Å². The Bertz CT molecular complexity index is 937. The lowest BCUT2D eigenvalue weighted by molar-refractivity contribution is -0.118. The number of unbranched alkanes of at least 4 members (excludes halogenated alkanes) is 2. The first-order chi connectivity index (χ1) is 14.6. The molecule has 1 aliphatic carbocycles. The van der Waals surface area contributed by atoms with Crippen molar-refractivity contribution in [3.63, 3.8) is 0 Å². The van der Waals surface area contributed by atoms with E-state index in [0.717, 1.165) is 12.8 Å². The molecule has 3 amide bonds. The van der Waals surface area contributed by atoms with Crippen LogP contribution in [0.3, 0.4) is 0 Å². The van der Waals surface area contributed by atoms with Crippen LogP contribution in [0.1, 0.15) is 50.6 Å². The molecule has 0 bridgehead atoms. The molecular weight excluding hydrogens is 465 g/mol. The summed E-state index contributed by atoms with van der Waals surface area (Å²) in [4.78, 5) is 24.0. The van der Waals surface area contributed by atoms with Crippen LogP contribution in [0.2, 0.25) is 10.0 Å². The van der Waals surface area contributed by atoms with Crippen molar-refractivity contribution in [2.45, 2.75) is 45.1 Å². The number of nitrogens with zero attached hydrogens (tertiary/aromatic N) is 1. The first-order valence-electron chi connectivity index (χ1n) is 10.3. The third kappa shape index (κ3) is 7.24. The van der Waals surface area contributed by atoms with E-state index >= 15 is 0 Å². The van der Waals surface area contributed by atoms with E-state index in [9.17, 15) is 18.0 Å². The summed E-state index contributed by atoms with van der Waals surface area (Å²) < 4.78 is 33.4. The Morgan fingerprint density at radius 1 is 1.19 bits per heavy atom. The molecule has 11 heteroatoms. The first-order valence-corrected chi connectivity index (χ1v) is 12.8. The summed E-state index contributed by atoms with van der Waals surface area (Å²) in [5.41, 5.74) is 0.602. The predicted octanol–water partition coefficient (Wildman–Crippen LogP) is 3.48. The van der Waals surface area contributed by atoms with Crippen molar-refractivity contribution in [1.82, 2.24) is 14.9 Å². The third-order valence-corrected chi connectivity index (χ3v) is 7.42. The molecule has 2 N–H and O–H groups in total. The van der Waals surface area contributed by atoms with Gasteiger partial charge in [0.05, 0.1) is 17.4 Å². The zero-order chi connectivity index (χ0) is 22.6. The standard InChI is InChI=1S/C20H27Cl2N3O5S/c1-13(15-9-18(17(22)10-16(15)21)30-12-14-5-6-14)24-31(28,29)8-4-2-3-7-25-11-19(26)23-20(25)27/h9-10,13-14,24H,2-8,11-12H2,1H3,(H,23,26,27)/t13-/m1/s1. The fourth-order valence-corrected chi connectivity index (χ4v) is 5.28. The molecule has 8 nitrogen and oxygen atoms in total. The van der Waals surface area contributed by atoms with E-state index in [2.05, 4.69) is 10.0 Å². The van der Waals surface area contributed by atoms with E-state index in [1.54, 1.807) is 19.1 Å². The maximum atomic E-state index is 12.5. The summed E-state index contributed by atoms with van der Waals surface area (Å²) in [6.45, 7) is 2.80. The summed E-state index contributed by atoms with van der Waals surface area (Å²) in [6, 6.07) is 2.33. The quantitative estimate of drug-likeness (QED) is 0.343. The highest BCUT2D eigenvalue weighted by Gasteiger charge is 2.26. The van der Waals surface area contributed by atoms with Gasteiger partial charge in [-0.2, -0.15) is 0 Å². The minimum Gasteiger partial charge on any atom is -0.492 e. The van der Waals surface area contributed by atoms with Gasteiger partial charge in [-0.3, -0.25) is 10.1 Å². The number of rotatable bonds is 12. The summed E-state index contributed by atoms with van der Waals surface area (Å²) in [6.07, 6.45) is 3.98. The molecule has 31 heavy (non-hydrogen) atoms. The number of imide groups is 1. The number of carbonyl (C=O) groups is 2. The largest absolute Gasteiger partial charge is 0.492 e. The Kier molecular flexibility index (Phi) is 8.07. The van der Waals surface area contributed by atoms with Crippen molar-refractivity contribution in [1.29, 1.82) is 0 Å². The molecule has 0 unspecified atom stereocenters. The average molecular weight is 492 g/mol. The maximum Gasteiger partial charge on any atom is 0.324 e. The van der Waals surface area contributed by atoms with Crippen molar-refractivity contribution in [3.8, 4) is 5.75 Å². The summed E-state index contributed by atoms with van der Waals surface area (Å²) >= 11 is 12.5. The number of urea groups is 1. The second-order valence-corrected chi connectivity index (χ2v) is 10.7. The Morgan fingerprint density at radius 2 is 1.94 bits per heavy atom. The van der Waals surface area contributed by atoms with Crippen LogP contribution < -0.4 is 14.8 Å². The summed E-state index contributed by atoms with van der Waals surface area (Å²) in [5, 5.41) is 2.99. The number of benzene rings is 1. The second-order valence-electron chi connectivity index (χ2n) is 8.05. The number of hydrogen-bond donors (Lipinski definition) is 2. The molecule has 1 saturated carbocycles. The van der Waals surface area contributed by atoms with Crippen LogP contribution in [-0.2, 0) is 14.8 Å². The molecule has 1 atom stereocenters. The van der Waals surface area contributed by atoms with Gasteiger partial charge in [0, 0.05) is 17.6 Å². The molecule has 2 fully saturated rings. The van der Waals surface area contributed by atoms with Crippen LogP contribution in [0.5, 0.6) is 5.75 Å². The van der Waals surface area contributed by atoms with Gasteiger partial charge in [0.2, 0.25) is 15.9 Å². The van der Waals surface area contributed by atoms with Gasteiger partial charge in [-0.25, -0.2) is 17.9 Å². The third-order valence-electron chi connectivity index (χ3n) is 5.25. The molecule has 3 rings (SSSR count). The number of nitrogens with one attached hydrogen (secondary N) is 2. The van der Waals surface area contributed by atoms with Crippen LogP contribution in [0.15, 0.2) is 12.1 Å². The molecule has 1 aromatic carbocycles. The van der Waals surface area contributed by atoms with Crippen molar-refractivity contribution in [2.24, 2.45) is 5.92 Å². The molecule has 1 aromatic rings. The normalized spacial score (nSPS) is 17.7. The SMILES string of the molecule is C[C@@H](NS(=O)(=O)CCCCCN1CC(=O)NC1=O)c1cc(OCC2CC2)c(Cl)cc1Cl. The fourth-order valence-electron chi connectivity index (χ4n) is 3.31. The van der Waals surface area contributed by atoms with Crippen LogP contribution in [0, 0.1) is 5.92 Å². The van der Waals surface area contributed by atoms with E-state index in [0.29, 0.717) is 59.7 Å². The highest BCUT2D eigenvalue weighted by molar-refractivity contribution is 7.89. The van der Waals surface area contributed by atoms with Crippen molar-refractivity contribution in [3.05, 3.63) is 27.7 Å². The van der Waals surface area contributed by atoms with Gasteiger partial charge in [-0.15, -0.1) is 0 Å². The van der Waals surface area contributed by atoms with E-state index in [1.165, 1.54) is 4.90 Å². The first kappa shape index (κ1) is 24.1. The minimum atomic E-state index is -3.53. The van der Waals surface area contributed by atoms with Crippen molar-refractivity contribution >= 4 is 45.2 Å². The number of hydrogen-bond acceptors (Lipinski definition) is 5. The highest BCUT2D eigenvalue weighted by atomic mass is 35.5. The van der Waals surface area contributed by atoms with E-state index < -0.39 is 22.1 Å². The minimum absolute atomic E-state index is 0.0429. The Hall–Kier alpha value is -1.55. The molecule has 172 valence electrons. The molecule has 1 saturated heterocycles. The zero-order valence-electron chi connectivity index (χ0n) is 17.3. The predicted molar refractivity (Wildman–Crippen MR) is 119 cm³/mol. The number of halogens is 2. The lowest BCUT2D eigenvalue weighted by Gasteiger charge is -2.18. The molecule has 0 aromatic heterocycles. The van der Waals surface area contributed by atoms with Crippen LogP contribution in [0.4, 0.5) is 4.79 Å². The van der Waals surface area contributed by atoms with Gasteiger partial charge in [-0.05, 0) is 56.2 Å². The highest BCUT2D eigenvalue weighted by Crippen LogP contribution is 2.36. The van der Waals surface area contributed by atoms with Gasteiger partial charge < -0.3 is 9.64 Å². The lowest BCUT2D eigenvalue weighted by atomic mass is 10.1. The lowest BCUT2D eigenvalue weighted by Crippen LogP contribution is -2.30. The number of carbonyl (C=O) groups excluding carboxylic acids is 2. The van der Waals surface area contributed by atoms with Gasteiger partial charge in [0.25, 0.3) is 0 Å². The molecule has 0 radical (unpaired) electrons. The van der Waals surface area contributed by atoms with E-state index in [1.807, 2.05) is 0 Å². The number of amides is 3. The van der Waals surface area contributed by atoms with Gasteiger partial charge in [0.15, 0.2) is 0 Å². The molecular formula is C20H27Cl2N3O5S. The van der Waals surface area contributed by atoms with Gasteiger partial charge in [0.1, 0.15) is 12.3 Å². The molecule has 2 aliphatic rings. The van der Waals surface area contributed by atoms with Crippen LogP contribution in [-0.4, -0.2) is 50.7 Å². The number of ether oxygens (including phenoxy) is 1. The Labute approximate surface area is 192 Å².